The number of carbonyl (C=O) groups excluding carboxylic acids is 1. The third-order valence-corrected chi connectivity index (χ3v) is 5.60. The molecule has 1 aromatic rings. The lowest BCUT2D eigenvalue weighted by molar-refractivity contribution is -0.142. The van der Waals surface area contributed by atoms with Crippen molar-refractivity contribution in [3.05, 3.63) is 17.7 Å². The average molecular weight is 304 g/mol. The van der Waals surface area contributed by atoms with E-state index >= 15 is 0 Å². The summed E-state index contributed by atoms with van der Waals surface area (Å²) in [6.07, 6.45) is 8.13. The molecule has 1 spiro atoms. The van der Waals surface area contributed by atoms with Gasteiger partial charge in [0, 0.05) is 46.3 Å². The summed E-state index contributed by atoms with van der Waals surface area (Å²) in [5, 5.41) is 0. The average Bonchev–Trinajstić information content (AvgIpc) is 2.80. The number of piperazine rings is 1. The number of aryl methyl sites for hydroxylation is 1. The monoisotopic (exact) mass is 304 g/mol. The fourth-order valence-corrected chi connectivity index (χ4v) is 4.25. The fourth-order valence-electron chi connectivity index (χ4n) is 4.25. The quantitative estimate of drug-likeness (QED) is 0.840. The van der Waals surface area contributed by atoms with Crippen LogP contribution in [0.25, 0.3) is 0 Å². The van der Waals surface area contributed by atoms with E-state index in [1.807, 2.05) is 13.1 Å². The maximum Gasteiger partial charge on any atom is 0.219 e. The number of amides is 1. The highest BCUT2D eigenvalue weighted by Gasteiger charge is 2.43. The Labute approximate surface area is 133 Å². The van der Waals surface area contributed by atoms with Gasteiger partial charge < -0.3 is 9.47 Å². The van der Waals surface area contributed by atoms with Gasteiger partial charge >= 0.3 is 0 Å². The first-order valence-electron chi connectivity index (χ1n) is 8.50. The van der Waals surface area contributed by atoms with E-state index in [1.165, 1.54) is 25.0 Å². The van der Waals surface area contributed by atoms with Gasteiger partial charge in [0.1, 0.15) is 5.82 Å². The van der Waals surface area contributed by atoms with Gasteiger partial charge in [-0.2, -0.15) is 0 Å². The molecule has 3 rings (SSSR count). The lowest BCUT2D eigenvalue weighted by atomic mass is 9.78. The molecule has 1 amide bonds. The number of imidazole rings is 1. The van der Waals surface area contributed by atoms with Gasteiger partial charge in [0.05, 0.1) is 11.2 Å². The minimum Gasteiger partial charge on any atom is -0.335 e. The molecule has 2 aliphatic rings. The number of rotatable bonds is 2. The Morgan fingerprint density at radius 1 is 1.27 bits per heavy atom. The van der Waals surface area contributed by atoms with E-state index in [4.69, 9.17) is 0 Å². The molecule has 0 N–H and O–H groups in total. The van der Waals surface area contributed by atoms with E-state index in [0.29, 0.717) is 0 Å². The smallest absolute Gasteiger partial charge is 0.219 e. The van der Waals surface area contributed by atoms with Gasteiger partial charge in [-0.15, -0.1) is 0 Å². The first-order valence-corrected chi connectivity index (χ1v) is 8.50. The normalized spacial score (nSPS) is 22.2. The molecule has 22 heavy (non-hydrogen) atoms. The molecule has 0 unspecified atom stereocenters. The van der Waals surface area contributed by atoms with Crippen LogP contribution in [0.15, 0.2) is 6.20 Å². The Hall–Kier alpha value is -1.36. The fraction of sp³-hybridized carbons (Fsp3) is 0.765. The summed E-state index contributed by atoms with van der Waals surface area (Å²) in [6, 6.07) is 0. The van der Waals surface area contributed by atoms with Crippen LogP contribution in [0, 0.1) is 6.92 Å². The highest BCUT2D eigenvalue weighted by molar-refractivity contribution is 5.74. The molecule has 1 aromatic heterocycles. The topological polar surface area (TPSA) is 41.4 Å². The van der Waals surface area contributed by atoms with E-state index in [2.05, 4.69) is 26.4 Å². The summed E-state index contributed by atoms with van der Waals surface area (Å²) in [7, 11) is 2.08. The van der Waals surface area contributed by atoms with Crippen molar-refractivity contribution in [2.24, 2.45) is 7.05 Å². The molecule has 0 aromatic carbocycles. The summed E-state index contributed by atoms with van der Waals surface area (Å²) in [4.78, 5) is 21.2. The summed E-state index contributed by atoms with van der Waals surface area (Å²) in [6.45, 7) is 7.55. The molecule has 2 fully saturated rings. The second kappa shape index (κ2) is 6.03. The van der Waals surface area contributed by atoms with Crippen LogP contribution in [0.4, 0.5) is 0 Å². The van der Waals surface area contributed by atoms with Crippen LogP contribution in [-0.4, -0.2) is 50.4 Å². The van der Waals surface area contributed by atoms with E-state index in [9.17, 15) is 4.79 Å². The van der Waals surface area contributed by atoms with Crippen molar-refractivity contribution in [2.75, 3.05) is 19.6 Å². The summed E-state index contributed by atoms with van der Waals surface area (Å²) < 4.78 is 2.17. The summed E-state index contributed by atoms with van der Waals surface area (Å²) in [5.41, 5.74) is 1.34. The third kappa shape index (κ3) is 2.78. The second-order valence-corrected chi connectivity index (χ2v) is 7.02. The predicted molar refractivity (Wildman–Crippen MR) is 86.4 cm³/mol. The van der Waals surface area contributed by atoms with E-state index in [1.54, 1.807) is 6.92 Å². The van der Waals surface area contributed by atoms with Gasteiger partial charge in [-0.3, -0.25) is 9.69 Å². The van der Waals surface area contributed by atoms with Gasteiger partial charge in [-0.25, -0.2) is 4.98 Å². The van der Waals surface area contributed by atoms with E-state index in [0.717, 1.165) is 44.8 Å². The van der Waals surface area contributed by atoms with Crippen molar-refractivity contribution < 1.29 is 4.79 Å². The summed E-state index contributed by atoms with van der Waals surface area (Å²) >= 11 is 0. The molecule has 5 heteroatoms. The maximum absolute atomic E-state index is 12.1. The molecule has 122 valence electrons. The second-order valence-electron chi connectivity index (χ2n) is 7.02. The largest absolute Gasteiger partial charge is 0.335 e. The van der Waals surface area contributed by atoms with Crippen LogP contribution < -0.4 is 0 Å². The van der Waals surface area contributed by atoms with Gasteiger partial charge in [-0.1, -0.05) is 19.3 Å². The molecular formula is C17H28N4O. The maximum atomic E-state index is 12.1. The number of nitrogens with zero attached hydrogens (tertiary/aromatic N) is 4. The molecule has 5 nitrogen and oxygen atoms in total. The SMILES string of the molecule is CC(=O)N1CCN(Cc2cnc(C)n2C)CC12CCCCC2. The molecular weight excluding hydrogens is 276 g/mol. The first-order chi connectivity index (χ1) is 10.5. The van der Waals surface area contributed by atoms with Crippen molar-refractivity contribution in [1.82, 2.24) is 19.4 Å². The highest BCUT2D eigenvalue weighted by atomic mass is 16.2. The van der Waals surface area contributed by atoms with Crippen molar-refractivity contribution in [3.8, 4) is 0 Å². The number of hydrogen-bond donors (Lipinski definition) is 0. The zero-order valence-corrected chi connectivity index (χ0v) is 14.1. The van der Waals surface area contributed by atoms with E-state index < -0.39 is 0 Å². The van der Waals surface area contributed by atoms with Crippen LogP contribution in [0.2, 0.25) is 0 Å². The molecule has 2 heterocycles. The molecule has 0 atom stereocenters. The Balaban J connectivity index is 1.76. The van der Waals surface area contributed by atoms with Crippen LogP contribution in [0.5, 0.6) is 0 Å². The molecule has 1 aliphatic carbocycles. The zero-order chi connectivity index (χ0) is 15.7. The molecule has 0 bridgehead atoms. The van der Waals surface area contributed by atoms with Gasteiger partial charge in [0.2, 0.25) is 5.91 Å². The Kier molecular flexibility index (Phi) is 4.26. The van der Waals surface area contributed by atoms with Crippen LogP contribution in [0.1, 0.15) is 50.5 Å². The standard InChI is InChI=1S/C17H28N4O/c1-14-18-11-16(19(14)3)12-20-9-10-21(15(2)22)17(13-20)7-5-4-6-8-17/h11H,4-10,12-13H2,1-3H3. The zero-order valence-electron chi connectivity index (χ0n) is 14.1. The number of aromatic nitrogens is 2. The van der Waals surface area contributed by atoms with Crippen LogP contribution in [0.3, 0.4) is 0 Å². The van der Waals surface area contributed by atoms with Crippen molar-refractivity contribution in [3.63, 3.8) is 0 Å². The molecule has 0 radical (unpaired) electrons. The predicted octanol–water partition coefficient (Wildman–Crippen LogP) is 2.10. The molecule has 1 saturated carbocycles. The van der Waals surface area contributed by atoms with Gasteiger partial charge in [-0.05, 0) is 19.8 Å². The van der Waals surface area contributed by atoms with Crippen molar-refractivity contribution in [1.29, 1.82) is 0 Å². The third-order valence-electron chi connectivity index (χ3n) is 5.60. The lowest BCUT2D eigenvalue weighted by Crippen LogP contribution is -2.64. The number of carbonyl (C=O) groups is 1. The minimum absolute atomic E-state index is 0.0793. The minimum atomic E-state index is 0.0793. The van der Waals surface area contributed by atoms with Crippen molar-refractivity contribution >= 4 is 5.91 Å². The van der Waals surface area contributed by atoms with Crippen molar-refractivity contribution in [2.45, 2.75) is 58.0 Å². The first kappa shape index (κ1) is 15.5. The molecule has 1 saturated heterocycles. The van der Waals surface area contributed by atoms with E-state index in [-0.39, 0.29) is 11.4 Å². The lowest BCUT2D eigenvalue weighted by Gasteiger charge is -2.52. The summed E-state index contributed by atoms with van der Waals surface area (Å²) in [5.74, 6) is 1.31. The molecule has 1 aliphatic heterocycles. The Morgan fingerprint density at radius 2 is 2.00 bits per heavy atom. The number of hydrogen-bond acceptors (Lipinski definition) is 3. The highest BCUT2D eigenvalue weighted by Crippen LogP contribution is 2.37. The Bertz CT molecular complexity index is 545. The van der Waals surface area contributed by atoms with Crippen LogP contribution >= 0.6 is 0 Å². The van der Waals surface area contributed by atoms with Gasteiger partial charge in [0.15, 0.2) is 0 Å². The van der Waals surface area contributed by atoms with Gasteiger partial charge in [0.25, 0.3) is 0 Å². The van der Waals surface area contributed by atoms with Crippen LogP contribution in [-0.2, 0) is 18.4 Å². The Morgan fingerprint density at radius 3 is 2.59 bits per heavy atom.